The molecule has 0 heterocycles. The summed E-state index contributed by atoms with van der Waals surface area (Å²) in [5, 5.41) is 2.69. The lowest BCUT2D eigenvalue weighted by atomic mass is 10.2. The normalized spacial score (nSPS) is 11.5. The summed E-state index contributed by atoms with van der Waals surface area (Å²) in [6, 6.07) is 7.54. The van der Waals surface area contributed by atoms with Crippen molar-refractivity contribution in [2.45, 2.75) is 6.54 Å². The van der Waals surface area contributed by atoms with Gasteiger partial charge in [0.2, 0.25) is 0 Å². The van der Waals surface area contributed by atoms with Gasteiger partial charge in [0, 0.05) is 9.29 Å². The number of benzene rings is 1. The number of methoxy groups -OCH3 is 1. The molecule has 0 unspecified atom stereocenters. The van der Waals surface area contributed by atoms with E-state index < -0.39 is 7.00 Å². The molecule has 1 aromatic carbocycles. The molecular formula is C9H14ClNO. The Labute approximate surface area is 82.2 Å². The zero-order chi connectivity index (χ0) is 9.68. The van der Waals surface area contributed by atoms with E-state index in [0.29, 0.717) is 6.54 Å². The minimum atomic E-state index is -0.970. The minimum absolute atomic E-state index is 0. The Morgan fingerprint density at radius 2 is 2.08 bits per heavy atom. The van der Waals surface area contributed by atoms with E-state index in [1.54, 1.807) is 7.11 Å². The van der Waals surface area contributed by atoms with E-state index in [1.165, 1.54) is 0 Å². The molecule has 0 radical (unpaired) electrons. The Hall–Kier alpha value is -0.730. The standard InChI is InChI=1S/C9H13NO.ClH/c1-10-7-8-3-5-9(11-2)6-4-8;/h3-6,10H,7H2,1-2H3;1H/i1D2;. The summed E-state index contributed by atoms with van der Waals surface area (Å²) in [4.78, 5) is 0. The van der Waals surface area contributed by atoms with Gasteiger partial charge in [-0.1, -0.05) is 12.1 Å². The molecule has 1 aromatic rings. The Bertz CT molecular complexity index is 253. The molecule has 0 atom stereocenters. The van der Waals surface area contributed by atoms with Crippen molar-refractivity contribution in [2.24, 2.45) is 0 Å². The summed E-state index contributed by atoms with van der Waals surface area (Å²) in [5.41, 5.74) is 1.05. The molecule has 1 rings (SSSR count). The molecule has 0 aliphatic carbocycles. The van der Waals surface area contributed by atoms with Crippen molar-refractivity contribution in [3.05, 3.63) is 29.8 Å². The SMILES string of the molecule is Cl.[2H]C([2H])NCc1ccc(OC)cc1. The molecule has 0 amide bonds. The summed E-state index contributed by atoms with van der Waals surface area (Å²) >= 11 is 0. The van der Waals surface area contributed by atoms with Gasteiger partial charge in [0.1, 0.15) is 5.75 Å². The third-order valence-electron chi connectivity index (χ3n) is 1.47. The highest BCUT2D eigenvalue weighted by Gasteiger charge is 1.90. The van der Waals surface area contributed by atoms with Crippen LogP contribution in [0.4, 0.5) is 0 Å². The van der Waals surface area contributed by atoms with Crippen LogP contribution < -0.4 is 10.1 Å². The fourth-order valence-corrected chi connectivity index (χ4v) is 0.861. The highest BCUT2D eigenvalue weighted by molar-refractivity contribution is 5.85. The van der Waals surface area contributed by atoms with Crippen molar-refractivity contribution >= 4 is 12.4 Å². The van der Waals surface area contributed by atoms with Gasteiger partial charge >= 0.3 is 0 Å². The second kappa shape index (κ2) is 5.86. The number of hydrogen-bond donors (Lipinski definition) is 1. The zero-order valence-corrected chi connectivity index (χ0v) is 7.73. The van der Waals surface area contributed by atoms with Crippen LogP contribution in [-0.2, 0) is 6.54 Å². The topological polar surface area (TPSA) is 21.3 Å². The number of ether oxygens (including phenoxy) is 1. The van der Waals surface area contributed by atoms with Crippen molar-refractivity contribution in [3.8, 4) is 5.75 Å². The summed E-state index contributed by atoms with van der Waals surface area (Å²) in [5.74, 6) is 0.817. The first kappa shape index (κ1) is 7.90. The molecule has 0 aliphatic rings. The van der Waals surface area contributed by atoms with Gasteiger partial charge in [-0.2, -0.15) is 0 Å². The van der Waals surface area contributed by atoms with Crippen LogP contribution in [0.3, 0.4) is 0 Å². The summed E-state index contributed by atoms with van der Waals surface area (Å²) in [7, 11) is 1.62. The number of nitrogens with one attached hydrogen (secondary N) is 1. The summed E-state index contributed by atoms with van der Waals surface area (Å²) < 4.78 is 18.9. The number of hydrogen-bond acceptors (Lipinski definition) is 2. The van der Waals surface area contributed by atoms with Crippen LogP contribution in [0.2, 0.25) is 0 Å². The average molecular weight is 190 g/mol. The van der Waals surface area contributed by atoms with Crippen LogP contribution in [0.1, 0.15) is 8.30 Å². The van der Waals surface area contributed by atoms with E-state index in [4.69, 9.17) is 7.48 Å². The second-order valence-electron chi connectivity index (χ2n) is 2.23. The fourth-order valence-electron chi connectivity index (χ4n) is 0.861. The lowest BCUT2D eigenvalue weighted by Crippen LogP contribution is -2.04. The molecule has 0 saturated heterocycles. The molecule has 68 valence electrons. The van der Waals surface area contributed by atoms with Crippen LogP contribution in [0.15, 0.2) is 24.3 Å². The molecule has 0 saturated carbocycles. The molecule has 2 nitrogen and oxygen atoms in total. The molecule has 0 bridgehead atoms. The maximum atomic E-state index is 6.94. The average Bonchev–Trinajstić information content (AvgIpc) is 2.15. The van der Waals surface area contributed by atoms with Gasteiger partial charge in [-0.25, -0.2) is 0 Å². The Morgan fingerprint density at radius 3 is 2.58 bits per heavy atom. The first-order valence-electron chi connectivity index (χ1n) is 4.58. The van der Waals surface area contributed by atoms with Crippen LogP contribution in [0.25, 0.3) is 0 Å². The van der Waals surface area contributed by atoms with E-state index in [9.17, 15) is 0 Å². The van der Waals surface area contributed by atoms with Crippen molar-refractivity contribution in [1.29, 1.82) is 0 Å². The molecule has 0 spiro atoms. The van der Waals surface area contributed by atoms with Crippen LogP contribution in [0, 0.1) is 0 Å². The number of rotatable bonds is 3. The van der Waals surface area contributed by atoms with Crippen LogP contribution >= 0.6 is 12.4 Å². The molecule has 1 N–H and O–H groups in total. The van der Waals surface area contributed by atoms with Gasteiger partial charge in [0.25, 0.3) is 0 Å². The third-order valence-corrected chi connectivity index (χ3v) is 1.47. The van der Waals surface area contributed by atoms with Gasteiger partial charge in [0.05, 0.1) is 7.11 Å². The van der Waals surface area contributed by atoms with Crippen molar-refractivity contribution in [2.75, 3.05) is 14.1 Å². The largest absolute Gasteiger partial charge is 0.497 e. The Balaban J connectivity index is 0.00000169. The van der Waals surface area contributed by atoms with Crippen LogP contribution in [0.5, 0.6) is 5.75 Å². The zero-order valence-electron chi connectivity index (χ0n) is 8.91. The molecule has 3 heteroatoms. The lowest BCUT2D eigenvalue weighted by molar-refractivity contribution is 0.414. The Morgan fingerprint density at radius 1 is 1.42 bits per heavy atom. The minimum Gasteiger partial charge on any atom is -0.497 e. The first-order valence-corrected chi connectivity index (χ1v) is 3.43. The monoisotopic (exact) mass is 189 g/mol. The van der Waals surface area contributed by atoms with Crippen molar-refractivity contribution in [1.82, 2.24) is 5.32 Å². The predicted octanol–water partition coefficient (Wildman–Crippen LogP) is 1.84. The van der Waals surface area contributed by atoms with Gasteiger partial charge in [-0.05, 0) is 24.7 Å². The van der Waals surface area contributed by atoms with Crippen molar-refractivity contribution < 1.29 is 7.48 Å². The van der Waals surface area contributed by atoms with Gasteiger partial charge in [-0.15, -0.1) is 12.4 Å². The maximum Gasteiger partial charge on any atom is 0.118 e. The number of halogens is 1. The maximum absolute atomic E-state index is 6.94. The lowest BCUT2D eigenvalue weighted by Gasteiger charge is -2.01. The molecule has 0 aliphatic heterocycles. The molecule has 0 fully saturated rings. The Kier molecular flexibility index (Phi) is 3.86. The predicted molar refractivity (Wildman–Crippen MR) is 53.0 cm³/mol. The van der Waals surface area contributed by atoms with Crippen molar-refractivity contribution in [3.63, 3.8) is 0 Å². The van der Waals surface area contributed by atoms with Gasteiger partial charge in [0.15, 0.2) is 0 Å². The summed E-state index contributed by atoms with van der Waals surface area (Å²) in [6.45, 7) is -0.427. The molecular weight excluding hydrogens is 174 g/mol. The highest BCUT2D eigenvalue weighted by atomic mass is 35.5. The van der Waals surface area contributed by atoms with Gasteiger partial charge < -0.3 is 10.1 Å². The highest BCUT2D eigenvalue weighted by Crippen LogP contribution is 2.10. The quantitative estimate of drug-likeness (QED) is 0.784. The van der Waals surface area contributed by atoms with E-state index in [0.717, 1.165) is 11.3 Å². The third kappa shape index (κ3) is 3.11. The van der Waals surface area contributed by atoms with E-state index in [-0.39, 0.29) is 12.4 Å². The fraction of sp³-hybridized carbons (Fsp3) is 0.333. The first-order chi connectivity index (χ1) is 6.22. The summed E-state index contributed by atoms with van der Waals surface area (Å²) in [6.07, 6.45) is 0. The van der Waals surface area contributed by atoms with Gasteiger partial charge in [-0.3, -0.25) is 0 Å². The van der Waals surface area contributed by atoms with Crippen LogP contribution in [-0.4, -0.2) is 14.1 Å². The molecule has 0 aromatic heterocycles. The smallest absolute Gasteiger partial charge is 0.118 e. The van der Waals surface area contributed by atoms with E-state index >= 15 is 0 Å². The van der Waals surface area contributed by atoms with E-state index in [2.05, 4.69) is 5.32 Å². The van der Waals surface area contributed by atoms with E-state index in [1.807, 2.05) is 24.3 Å². The second-order valence-corrected chi connectivity index (χ2v) is 2.23. The molecule has 12 heavy (non-hydrogen) atoms.